The second kappa shape index (κ2) is 7.89. The van der Waals surface area contributed by atoms with Crippen molar-refractivity contribution < 1.29 is 40.6 Å². The predicted molar refractivity (Wildman–Crippen MR) is 67.0 cm³/mol. The highest BCUT2D eigenvalue weighted by atomic mass is 19.4. The summed E-state index contributed by atoms with van der Waals surface area (Å²) in [5.74, 6) is -8.13. The Labute approximate surface area is 127 Å². The lowest BCUT2D eigenvalue weighted by Crippen LogP contribution is -2.18. The number of carbonyl (C=O) groups excluding carboxylic acids is 1. The van der Waals surface area contributed by atoms with Crippen LogP contribution in [0.2, 0.25) is 0 Å². The zero-order chi connectivity index (χ0) is 17.6. The molecule has 0 aliphatic carbocycles. The zero-order valence-electron chi connectivity index (χ0n) is 11.7. The van der Waals surface area contributed by atoms with Gasteiger partial charge < -0.3 is 9.47 Å². The minimum absolute atomic E-state index is 0.0308. The number of rotatable bonds is 7. The maximum atomic E-state index is 13.7. The lowest BCUT2D eigenvalue weighted by Gasteiger charge is -2.13. The summed E-state index contributed by atoms with van der Waals surface area (Å²) in [6, 6.07) is 0.0308. The van der Waals surface area contributed by atoms with Gasteiger partial charge in [-0.25, -0.2) is 18.0 Å². The van der Waals surface area contributed by atoms with E-state index >= 15 is 0 Å². The van der Waals surface area contributed by atoms with Crippen LogP contribution in [0.1, 0.15) is 28.8 Å². The van der Waals surface area contributed by atoms with Crippen molar-refractivity contribution in [3.63, 3.8) is 0 Å². The first-order valence-electron chi connectivity index (χ1n) is 6.34. The Morgan fingerprint density at radius 3 is 2.30 bits per heavy atom. The Morgan fingerprint density at radius 2 is 1.74 bits per heavy atom. The molecule has 0 atom stereocenters. The maximum absolute atomic E-state index is 13.7. The van der Waals surface area contributed by atoms with Gasteiger partial charge in [0.25, 0.3) is 0 Å². The van der Waals surface area contributed by atoms with E-state index in [1.807, 2.05) is 0 Å². The Hall–Kier alpha value is -2.19. The number of alkyl halides is 3. The molecule has 0 aliphatic heterocycles. The normalized spacial score (nSPS) is 11.2. The summed E-state index contributed by atoms with van der Waals surface area (Å²) >= 11 is 0. The summed E-state index contributed by atoms with van der Waals surface area (Å²) in [5.41, 5.74) is -3.79. The molecule has 1 rings (SSSR count). The number of ether oxygens (including phenoxy) is 2. The van der Waals surface area contributed by atoms with Gasteiger partial charge in [-0.2, -0.15) is 13.2 Å². The van der Waals surface area contributed by atoms with Crippen LogP contribution in [0.4, 0.5) is 26.3 Å². The Kier molecular flexibility index (Phi) is 6.47. The molecule has 0 N–H and O–H groups in total. The Balaban J connectivity index is 2.86. The molecule has 1 aromatic rings. The van der Waals surface area contributed by atoms with Crippen LogP contribution in [0.15, 0.2) is 18.9 Å². The molecular formula is C14H12F6O3. The van der Waals surface area contributed by atoms with Crippen molar-refractivity contribution in [1.29, 1.82) is 0 Å². The molecular weight excluding hydrogens is 330 g/mol. The fraction of sp³-hybridized carbons (Fsp3) is 0.357. The molecule has 3 nitrogen and oxygen atoms in total. The summed E-state index contributed by atoms with van der Waals surface area (Å²) in [5, 5.41) is 0. The SMILES string of the molecule is C=COCCCCOC(=O)c1cc(F)c(F)c(C(F)(F)F)c1F. The van der Waals surface area contributed by atoms with E-state index in [1.54, 1.807) is 0 Å². The number of hydrogen-bond donors (Lipinski definition) is 0. The molecule has 0 spiro atoms. The lowest BCUT2D eigenvalue weighted by atomic mass is 10.1. The molecule has 23 heavy (non-hydrogen) atoms. The summed E-state index contributed by atoms with van der Waals surface area (Å²) in [6.07, 6.45) is -3.58. The summed E-state index contributed by atoms with van der Waals surface area (Å²) in [4.78, 5) is 11.5. The van der Waals surface area contributed by atoms with E-state index in [0.29, 0.717) is 6.42 Å². The van der Waals surface area contributed by atoms with Gasteiger partial charge in [0.2, 0.25) is 0 Å². The van der Waals surface area contributed by atoms with E-state index < -0.39 is 40.7 Å². The molecule has 0 saturated heterocycles. The predicted octanol–water partition coefficient (Wildman–Crippen LogP) is 4.22. The third-order valence-electron chi connectivity index (χ3n) is 2.67. The van der Waals surface area contributed by atoms with Crippen LogP contribution in [0.25, 0.3) is 0 Å². The first-order chi connectivity index (χ1) is 10.7. The first kappa shape index (κ1) is 18.9. The average molecular weight is 342 g/mol. The summed E-state index contributed by atoms with van der Waals surface area (Å²) in [6.45, 7) is 3.32. The summed E-state index contributed by atoms with van der Waals surface area (Å²) < 4.78 is 86.9. The molecule has 0 heterocycles. The van der Waals surface area contributed by atoms with Crippen LogP contribution < -0.4 is 0 Å². The molecule has 0 aliphatic rings. The van der Waals surface area contributed by atoms with Gasteiger partial charge in [-0.1, -0.05) is 6.58 Å². The van der Waals surface area contributed by atoms with E-state index in [-0.39, 0.29) is 25.7 Å². The molecule has 0 aromatic heterocycles. The standard InChI is InChI=1S/C14H12F6O3/c1-2-22-5-3-4-6-23-13(21)8-7-9(15)12(17)10(11(8)16)14(18,19)20/h2,7H,1,3-6H2. The van der Waals surface area contributed by atoms with Crippen LogP contribution in [-0.2, 0) is 15.7 Å². The minimum atomic E-state index is -5.49. The van der Waals surface area contributed by atoms with Gasteiger partial charge in [-0.05, 0) is 18.9 Å². The molecule has 0 amide bonds. The van der Waals surface area contributed by atoms with Crippen LogP contribution in [0.5, 0.6) is 0 Å². The van der Waals surface area contributed by atoms with Crippen LogP contribution in [0, 0.1) is 17.5 Å². The highest BCUT2D eigenvalue weighted by molar-refractivity contribution is 5.90. The van der Waals surface area contributed by atoms with Gasteiger partial charge in [-0.3, -0.25) is 0 Å². The second-order valence-corrected chi connectivity index (χ2v) is 4.29. The van der Waals surface area contributed by atoms with Crippen molar-refractivity contribution in [1.82, 2.24) is 0 Å². The number of benzene rings is 1. The quantitative estimate of drug-likeness (QED) is 0.245. The number of carbonyl (C=O) groups is 1. The smallest absolute Gasteiger partial charge is 0.422 e. The highest BCUT2D eigenvalue weighted by Gasteiger charge is 2.41. The van der Waals surface area contributed by atoms with Crippen molar-refractivity contribution in [3.05, 3.63) is 47.5 Å². The van der Waals surface area contributed by atoms with Gasteiger partial charge in [0.15, 0.2) is 17.5 Å². The molecule has 0 radical (unpaired) electrons. The minimum Gasteiger partial charge on any atom is -0.502 e. The highest BCUT2D eigenvalue weighted by Crippen LogP contribution is 2.35. The van der Waals surface area contributed by atoms with Crippen molar-refractivity contribution in [2.45, 2.75) is 19.0 Å². The maximum Gasteiger partial charge on any atom is 0.422 e. The number of esters is 1. The molecule has 0 saturated carbocycles. The number of halogens is 6. The van der Waals surface area contributed by atoms with Gasteiger partial charge in [-0.15, -0.1) is 0 Å². The van der Waals surface area contributed by atoms with E-state index in [9.17, 15) is 31.1 Å². The molecule has 128 valence electrons. The molecule has 0 unspecified atom stereocenters. The number of unbranched alkanes of at least 4 members (excludes halogenated alkanes) is 1. The molecule has 0 fully saturated rings. The van der Waals surface area contributed by atoms with E-state index in [2.05, 4.69) is 11.3 Å². The third kappa shape index (κ3) is 4.90. The Morgan fingerprint density at radius 1 is 1.13 bits per heavy atom. The van der Waals surface area contributed by atoms with Gasteiger partial charge in [0.1, 0.15) is 5.56 Å². The van der Waals surface area contributed by atoms with Crippen molar-refractivity contribution in [3.8, 4) is 0 Å². The van der Waals surface area contributed by atoms with E-state index in [4.69, 9.17) is 4.74 Å². The first-order valence-corrected chi connectivity index (χ1v) is 6.34. The second-order valence-electron chi connectivity index (χ2n) is 4.29. The lowest BCUT2D eigenvalue weighted by molar-refractivity contribution is -0.142. The van der Waals surface area contributed by atoms with Crippen LogP contribution in [0.3, 0.4) is 0 Å². The molecule has 9 heteroatoms. The molecule has 0 bridgehead atoms. The number of hydrogen-bond acceptors (Lipinski definition) is 3. The molecule has 1 aromatic carbocycles. The van der Waals surface area contributed by atoms with E-state index in [1.165, 1.54) is 6.26 Å². The van der Waals surface area contributed by atoms with Gasteiger partial charge >= 0.3 is 12.1 Å². The van der Waals surface area contributed by atoms with E-state index in [0.717, 1.165) is 0 Å². The zero-order valence-corrected chi connectivity index (χ0v) is 11.7. The third-order valence-corrected chi connectivity index (χ3v) is 2.67. The summed E-state index contributed by atoms with van der Waals surface area (Å²) in [7, 11) is 0. The van der Waals surface area contributed by atoms with Gasteiger partial charge in [0, 0.05) is 0 Å². The van der Waals surface area contributed by atoms with Gasteiger partial charge in [0.05, 0.1) is 25.0 Å². The fourth-order valence-electron chi connectivity index (χ4n) is 1.61. The van der Waals surface area contributed by atoms with Crippen molar-refractivity contribution in [2.24, 2.45) is 0 Å². The van der Waals surface area contributed by atoms with Crippen LogP contribution in [-0.4, -0.2) is 19.2 Å². The van der Waals surface area contributed by atoms with Crippen LogP contribution >= 0.6 is 0 Å². The topological polar surface area (TPSA) is 35.5 Å². The largest absolute Gasteiger partial charge is 0.502 e. The average Bonchev–Trinajstić information content (AvgIpc) is 2.45. The van der Waals surface area contributed by atoms with Crippen molar-refractivity contribution in [2.75, 3.05) is 13.2 Å². The Bertz CT molecular complexity index is 583. The fourth-order valence-corrected chi connectivity index (χ4v) is 1.61. The van der Waals surface area contributed by atoms with Crippen molar-refractivity contribution >= 4 is 5.97 Å². The monoisotopic (exact) mass is 342 g/mol.